The van der Waals surface area contributed by atoms with E-state index in [1.165, 1.54) is 32.3 Å². The summed E-state index contributed by atoms with van der Waals surface area (Å²) in [7, 11) is 0. The van der Waals surface area contributed by atoms with Crippen LogP contribution in [0.3, 0.4) is 0 Å². The molecule has 5 heteroatoms. The SMILES string of the molecule is CCl.O=C(CBr)NCCN1CCCC1. The summed E-state index contributed by atoms with van der Waals surface area (Å²) in [5, 5.41) is 3.24. The van der Waals surface area contributed by atoms with Crippen molar-refractivity contribution in [1.82, 2.24) is 10.2 Å². The lowest BCUT2D eigenvalue weighted by atomic mass is 10.4. The highest BCUT2D eigenvalue weighted by atomic mass is 79.9. The van der Waals surface area contributed by atoms with E-state index in [0.29, 0.717) is 5.33 Å². The first-order valence-electron chi connectivity index (χ1n) is 4.76. The molecular weight excluding hydrogens is 267 g/mol. The second-order valence-electron chi connectivity index (χ2n) is 3.03. The van der Waals surface area contributed by atoms with E-state index in [0.717, 1.165) is 13.1 Å². The predicted octanol–water partition coefficient (Wildman–Crippen LogP) is 1.45. The second-order valence-corrected chi connectivity index (χ2v) is 3.59. The van der Waals surface area contributed by atoms with E-state index in [4.69, 9.17) is 0 Å². The largest absolute Gasteiger partial charge is 0.354 e. The smallest absolute Gasteiger partial charge is 0.230 e. The van der Waals surface area contributed by atoms with Gasteiger partial charge in [0.25, 0.3) is 0 Å². The highest BCUT2D eigenvalue weighted by Crippen LogP contribution is 2.05. The summed E-state index contributed by atoms with van der Waals surface area (Å²) < 4.78 is 0. The minimum Gasteiger partial charge on any atom is -0.354 e. The van der Waals surface area contributed by atoms with Crippen LogP contribution in [0.2, 0.25) is 0 Å². The number of halogens is 2. The van der Waals surface area contributed by atoms with E-state index in [2.05, 4.69) is 37.7 Å². The number of hydrogen-bond acceptors (Lipinski definition) is 2. The number of nitrogens with one attached hydrogen (secondary N) is 1. The Balaban J connectivity index is 0.000000791. The highest BCUT2D eigenvalue weighted by Gasteiger charge is 2.10. The third kappa shape index (κ3) is 6.62. The predicted molar refractivity (Wildman–Crippen MR) is 64.3 cm³/mol. The van der Waals surface area contributed by atoms with Crippen LogP contribution in [0.15, 0.2) is 0 Å². The summed E-state index contributed by atoms with van der Waals surface area (Å²) in [6.07, 6.45) is 4.10. The van der Waals surface area contributed by atoms with Crippen molar-refractivity contribution in [3.05, 3.63) is 0 Å². The van der Waals surface area contributed by atoms with E-state index in [-0.39, 0.29) is 5.91 Å². The molecule has 1 fully saturated rings. The van der Waals surface area contributed by atoms with Gasteiger partial charge < -0.3 is 10.2 Å². The molecule has 0 spiro atoms. The van der Waals surface area contributed by atoms with E-state index < -0.39 is 0 Å². The van der Waals surface area contributed by atoms with Crippen molar-refractivity contribution in [1.29, 1.82) is 0 Å². The number of rotatable bonds is 4. The lowest BCUT2D eigenvalue weighted by Gasteiger charge is -2.14. The molecule has 1 rings (SSSR count). The van der Waals surface area contributed by atoms with E-state index >= 15 is 0 Å². The van der Waals surface area contributed by atoms with Crippen LogP contribution in [0.1, 0.15) is 12.8 Å². The molecule has 0 aliphatic carbocycles. The maximum atomic E-state index is 10.8. The van der Waals surface area contributed by atoms with Crippen LogP contribution in [0.5, 0.6) is 0 Å². The molecule has 0 atom stereocenters. The van der Waals surface area contributed by atoms with Crippen molar-refractivity contribution in [3.63, 3.8) is 0 Å². The van der Waals surface area contributed by atoms with E-state index in [1.54, 1.807) is 0 Å². The normalized spacial score (nSPS) is 15.9. The highest BCUT2D eigenvalue weighted by molar-refractivity contribution is 9.09. The fraction of sp³-hybridized carbons (Fsp3) is 0.889. The molecule has 3 nitrogen and oxygen atoms in total. The van der Waals surface area contributed by atoms with Crippen LogP contribution >= 0.6 is 27.5 Å². The third-order valence-corrected chi connectivity index (χ3v) is 2.58. The summed E-state index contributed by atoms with van der Waals surface area (Å²) in [5.74, 6) is 0.0780. The second kappa shape index (κ2) is 9.74. The molecule has 0 aromatic carbocycles. The molecule has 14 heavy (non-hydrogen) atoms. The lowest BCUT2D eigenvalue weighted by molar-refractivity contribution is -0.118. The molecule has 0 saturated carbocycles. The van der Waals surface area contributed by atoms with Crippen LogP contribution < -0.4 is 5.32 Å². The lowest BCUT2D eigenvalue weighted by Crippen LogP contribution is -2.33. The van der Waals surface area contributed by atoms with E-state index in [1.807, 2.05) is 0 Å². The van der Waals surface area contributed by atoms with Gasteiger partial charge in [-0.15, -0.1) is 11.6 Å². The molecule has 84 valence electrons. The van der Waals surface area contributed by atoms with Gasteiger partial charge in [-0.2, -0.15) is 0 Å². The summed E-state index contributed by atoms with van der Waals surface area (Å²) in [4.78, 5) is 13.2. The Morgan fingerprint density at radius 3 is 2.50 bits per heavy atom. The fourth-order valence-corrected chi connectivity index (χ4v) is 1.61. The zero-order chi connectivity index (χ0) is 10.8. The first-order valence-corrected chi connectivity index (χ1v) is 6.63. The molecule has 1 N–H and O–H groups in total. The van der Waals surface area contributed by atoms with Gasteiger partial charge in [0.05, 0.1) is 5.33 Å². The molecule has 0 aromatic rings. The van der Waals surface area contributed by atoms with Crippen LogP contribution in [0.25, 0.3) is 0 Å². The average molecular weight is 286 g/mol. The van der Waals surface area contributed by atoms with Gasteiger partial charge in [0.1, 0.15) is 0 Å². The van der Waals surface area contributed by atoms with Gasteiger partial charge in [-0.25, -0.2) is 0 Å². The van der Waals surface area contributed by atoms with Gasteiger partial charge in [0.15, 0.2) is 0 Å². The number of hydrogen-bond donors (Lipinski definition) is 1. The number of alkyl halides is 2. The van der Waals surface area contributed by atoms with E-state index in [9.17, 15) is 4.79 Å². The number of nitrogens with zero attached hydrogens (tertiary/aromatic N) is 1. The minimum atomic E-state index is 0.0780. The quantitative estimate of drug-likeness (QED) is 0.793. The number of carbonyl (C=O) groups is 1. The van der Waals surface area contributed by atoms with Gasteiger partial charge in [-0.3, -0.25) is 4.79 Å². The zero-order valence-electron chi connectivity index (χ0n) is 8.56. The van der Waals surface area contributed by atoms with Crippen molar-refractivity contribution < 1.29 is 4.79 Å². The van der Waals surface area contributed by atoms with Gasteiger partial charge in [0, 0.05) is 19.5 Å². The number of amides is 1. The Morgan fingerprint density at radius 1 is 1.43 bits per heavy atom. The van der Waals surface area contributed by atoms with Crippen LogP contribution in [0.4, 0.5) is 0 Å². The standard InChI is InChI=1S/C8H15BrN2O.CH3Cl/c9-7-8(12)10-3-6-11-4-1-2-5-11;1-2/h1-7H2,(H,10,12);1H3. The minimum absolute atomic E-state index is 0.0780. The molecule has 1 amide bonds. The molecule has 1 aliphatic rings. The molecule has 0 unspecified atom stereocenters. The molecule has 0 radical (unpaired) electrons. The summed E-state index contributed by atoms with van der Waals surface area (Å²) >= 11 is 7.74. The van der Waals surface area contributed by atoms with Gasteiger partial charge in [-0.05, 0) is 25.9 Å². The Hall–Kier alpha value is 0.200. The average Bonchev–Trinajstić information content (AvgIpc) is 2.73. The van der Waals surface area contributed by atoms with Gasteiger partial charge in [-0.1, -0.05) is 15.9 Å². The molecule has 0 aromatic heterocycles. The maximum Gasteiger partial charge on any atom is 0.230 e. The Bertz CT molecular complexity index is 152. The first-order chi connectivity index (χ1) is 6.83. The molecule has 0 bridgehead atoms. The van der Waals surface area contributed by atoms with Crippen molar-refractivity contribution in [2.45, 2.75) is 12.8 Å². The first kappa shape index (κ1) is 14.2. The Kier molecular flexibility index (Phi) is 9.88. The van der Waals surface area contributed by atoms with Crippen molar-refractivity contribution in [2.24, 2.45) is 0 Å². The number of carbonyl (C=O) groups excluding carboxylic acids is 1. The Labute approximate surface area is 99.3 Å². The molecule has 1 aliphatic heterocycles. The van der Waals surface area contributed by atoms with Crippen molar-refractivity contribution in [2.75, 3.05) is 37.9 Å². The van der Waals surface area contributed by atoms with Crippen LogP contribution in [-0.2, 0) is 4.79 Å². The van der Waals surface area contributed by atoms with Crippen LogP contribution in [-0.4, -0.2) is 48.7 Å². The molecule has 1 heterocycles. The molecule has 1 saturated heterocycles. The Morgan fingerprint density at radius 2 is 2.00 bits per heavy atom. The number of likely N-dealkylation sites (tertiary alicyclic amines) is 1. The topological polar surface area (TPSA) is 32.3 Å². The zero-order valence-corrected chi connectivity index (χ0v) is 10.9. The summed E-state index contributed by atoms with van der Waals surface area (Å²) in [5.41, 5.74) is 0. The fourth-order valence-electron chi connectivity index (χ4n) is 1.41. The van der Waals surface area contributed by atoms with Crippen LogP contribution in [0, 0.1) is 0 Å². The summed E-state index contributed by atoms with van der Waals surface area (Å²) in [6.45, 7) is 4.18. The van der Waals surface area contributed by atoms with Crippen molar-refractivity contribution in [3.8, 4) is 0 Å². The monoisotopic (exact) mass is 284 g/mol. The summed E-state index contributed by atoms with van der Waals surface area (Å²) in [6, 6.07) is 0. The maximum absolute atomic E-state index is 10.8. The van der Waals surface area contributed by atoms with Gasteiger partial charge >= 0.3 is 0 Å². The molecular formula is C9H18BrClN2O. The third-order valence-electron chi connectivity index (χ3n) is 2.07. The van der Waals surface area contributed by atoms with Crippen molar-refractivity contribution >= 4 is 33.4 Å². The van der Waals surface area contributed by atoms with Gasteiger partial charge in [0.2, 0.25) is 5.91 Å².